The van der Waals surface area contributed by atoms with Crippen LogP contribution in [0.15, 0.2) is 18.2 Å². The highest BCUT2D eigenvalue weighted by atomic mass is 35.5. The van der Waals surface area contributed by atoms with Gasteiger partial charge in [-0.05, 0) is 18.1 Å². The number of nitrogens with two attached hydrogens (primary N) is 1. The topological polar surface area (TPSA) is 26.0 Å². The van der Waals surface area contributed by atoms with E-state index in [1.54, 1.807) is 12.1 Å². The molecular formula is C11H11ClFN. The van der Waals surface area contributed by atoms with Crippen molar-refractivity contribution in [2.45, 2.75) is 18.9 Å². The van der Waals surface area contributed by atoms with E-state index >= 15 is 0 Å². The smallest absolute Gasteiger partial charge is 0.142 e. The van der Waals surface area contributed by atoms with Crippen LogP contribution in [0.5, 0.6) is 0 Å². The highest BCUT2D eigenvalue weighted by Gasteiger charge is 2.11. The minimum Gasteiger partial charge on any atom is -0.324 e. The zero-order chi connectivity index (χ0) is 10.6. The normalized spacial score (nSPS) is 12.1. The van der Waals surface area contributed by atoms with E-state index in [4.69, 9.17) is 23.8 Å². The van der Waals surface area contributed by atoms with E-state index in [0.717, 1.165) is 0 Å². The Morgan fingerprint density at radius 2 is 2.29 bits per heavy atom. The molecule has 1 atom stereocenters. The van der Waals surface area contributed by atoms with Crippen molar-refractivity contribution >= 4 is 11.6 Å². The maximum absolute atomic E-state index is 13.0. The predicted octanol–water partition coefficient (Wildman–Crippen LogP) is 2.89. The van der Waals surface area contributed by atoms with E-state index < -0.39 is 5.82 Å². The number of terminal acetylenes is 1. The van der Waals surface area contributed by atoms with E-state index in [-0.39, 0.29) is 11.1 Å². The van der Waals surface area contributed by atoms with Gasteiger partial charge in [0, 0.05) is 12.5 Å². The summed E-state index contributed by atoms with van der Waals surface area (Å²) < 4.78 is 13.0. The van der Waals surface area contributed by atoms with Crippen LogP contribution in [0.3, 0.4) is 0 Å². The molecule has 1 unspecified atom stereocenters. The van der Waals surface area contributed by atoms with Gasteiger partial charge in [-0.25, -0.2) is 4.39 Å². The Hall–Kier alpha value is -1.04. The van der Waals surface area contributed by atoms with Gasteiger partial charge in [0.2, 0.25) is 0 Å². The van der Waals surface area contributed by atoms with Gasteiger partial charge in [-0.3, -0.25) is 0 Å². The first-order chi connectivity index (χ1) is 6.66. The van der Waals surface area contributed by atoms with Crippen LogP contribution in [0.4, 0.5) is 4.39 Å². The Morgan fingerprint density at radius 3 is 2.93 bits per heavy atom. The number of hydrogen-bond donors (Lipinski definition) is 1. The summed E-state index contributed by atoms with van der Waals surface area (Å²) in [5, 5.41) is 0.0945. The lowest BCUT2D eigenvalue weighted by atomic mass is 10.0. The number of benzene rings is 1. The Morgan fingerprint density at radius 1 is 1.57 bits per heavy atom. The number of rotatable bonds is 3. The molecule has 0 saturated heterocycles. The summed E-state index contributed by atoms with van der Waals surface area (Å²) in [4.78, 5) is 0. The summed E-state index contributed by atoms with van der Waals surface area (Å²) in [6, 6.07) is 4.31. The summed E-state index contributed by atoms with van der Waals surface area (Å²) in [6.07, 6.45) is 6.28. The molecule has 1 aromatic rings. The fourth-order valence-electron chi connectivity index (χ4n) is 1.20. The van der Waals surface area contributed by atoms with Crippen LogP contribution < -0.4 is 5.73 Å². The monoisotopic (exact) mass is 211 g/mol. The standard InChI is InChI=1S/C11H11ClFN/c1-2-3-7-10(14)8-5-4-6-9(13)11(8)12/h1,4-6,10H,3,7,14H2. The zero-order valence-corrected chi connectivity index (χ0v) is 8.39. The molecule has 1 aromatic carbocycles. The van der Waals surface area contributed by atoms with Gasteiger partial charge in [-0.1, -0.05) is 23.7 Å². The van der Waals surface area contributed by atoms with Crippen molar-refractivity contribution in [1.82, 2.24) is 0 Å². The van der Waals surface area contributed by atoms with Crippen LogP contribution in [0.25, 0.3) is 0 Å². The van der Waals surface area contributed by atoms with Crippen molar-refractivity contribution in [2.75, 3.05) is 0 Å². The SMILES string of the molecule is C#CCCC(N)c1cccc(F)c1Cl. The Kier molecular flexibility index (Phi) is 3.94. The largest absolute Gasteiger partial charge is 0.324 e. The molecule has 0 bridgehead atoms. The van der Waals surface area contributed by atoms with E-state index in [1.165, 1.54) is 6.07 Å². The Balaban J connectivity index is 2.85. The second-order valence-electron chi connectivity index (χ2n) is 2.99. The summed E-state index contributed by atoms with van der Waals surface area (Å²) >= 11 is 5.76. The second kappa shape index (κ2) is 4.99. The average Bonchev–Trinajstić information content (AvgIpc) is 2.18. The fourth-order valence-corrected chi connectivity index (χ4v) is 1.47. The Labute approximate surface area is 88.1 Å². The van der Waals surface area contributed by atoms with Gasteiger partial charge in [0.25, 0.3) is 0 Å². The molecule has 0 spiro atoms. The molecule has 0 heterocycles. The summed E-state index contributed by atoms with van der Waals surface area (Å²) in [7, 11) is 0. The third kappa shape index (κ3) is 2.47. The van der Waals surface area contributed by atoms with Crippen molar-refractivity contribution in [1.29, 1.82) is 0 Å². The van der Waals surface area contributed by atoms with Crippen LogP contribution in [-0.2, 0) is 0 Å². The highest BCUT2D eigenvalue weighted by molar-refractivity contribution is 6.31. The molecule has 0 aromatic heterocycles. The lowest BCUT2D eigenvalue weighted by molar-refractivity contribution is 0.613. The minimum atomic E-state index is -0.444. The third-order valence-corrected chi connectivity index (χ3v) is 2.38. The molecule has 0 aliphatic carbocycles. The van der Waals surface area contributed by atoms with E-state index in [9.17, 15) is 4.39 Å². The second-order valence-corrected chi connectivity index (χ2v) is 3.37. The molecule has 0 aliphatic heterocycles. The molecule has 2 N–H and O–H groups in total. The average molecular weight is 212 g/mol. The van der Waals surface area contributed by atoms with Gasteiger partial charge < -0.3 is 5.73 Å². The van der Waals surface area contributed by atoms with Gasteiger partial charge in [-0.2, -0.15) is 0 Å². The molecule has 3 heteroatoms. The van der Waals surface area contributed by atoms with Crippen molar-refractivity contribution < 1.29 is 4.39 Å². The first-order valence-electron chi connectivity index (χ1n) is 4.29. The molecule has 0 amide bonds. The van der Waals surface area contributed by atoms with Gasteiger partial charge in [-0.15, -0.1) is 12.3 Å². The molecule has 14 heavy (non-hydrogen) atoms. The van der Waals surface area contributed by atoms with Gasteiger partial charge in [0.15, 0.2) is 0 Å². The summed E-state index contributed by atoms with van der Waals surface area (Å²) in [5.74, 6) is 2.04. The van der Waals surface area contributed by atoms with Crippen molar-refractivity contribution in [3.63, 3.8) is 0 Å². The highest BCUT2D eigenvalue weighted by Crippen LogP contribution is 2.26. The number of hydrogen-bond acceptors (Lipinski definition) is 1. The van der Waals surface area contributed by atoms with Crippen molar-refractivity contribution in [3.05, 3.63) is 34.6 Å². The lowest BCUT2D eigenvalue weighted by Gasteiger charge is -2.12. The fraction of sp³-hybridized carbons (Fsp3) is 0.273. The van der Waals surface area contributed by atoms with Crippen molar-refractivity contribution in [3.8, 4) is 12.3 Å². The van der Waals surface area contributed by atoms with E-state index in [1.807, 2.05) is 0 Å². The summed E-state index contributed by atoms with van der Waals surface area (Å²) in [6.45, 7) is 0. The molecular weight excluding hydrogens is 201 g/mol. The van der Waals surface area contributed by atoms with Gasteiger partial charge >= 0.3 is 0 Å². The Bertz CT molecular complexity index is 357. The van der Waals surface area contributed by atoms with Crippen LogP contribution in [0, 0.1) is 18.2 Å². The maximum Gasteiger partial charge on any atom is 0.142 e. The maximum atomic E-state index is 13.0. The number of halogens is 2. The first kappa shape index (κ1) is 11.0. The predicted molar refractivity (Wildman–Crippen MR) is 56.4 cm³/mol. The molecule has 0 radical (unpaired) electrons. The molecule has 0 aliphatic rings. The summed E-state index contributed by atoms with van der Waals surface area (Å²) in [5.41, 5.74) is 6.42. The quantitative estimate of drug-likeness (QED) is 0.765. The van der Waals surface area contributed by atoms with Gasteiger partial charge in [0.05, 0.1) is 5.02 Å². The molecule has 74 valence electrons. The molecule has 0 saturated carbocycles. The molecule has 0 fully saturated rings. The zero-order valence-electron chi connectivity index (χ0n) is 7.63. The van der Waals surface area contributed by atoms with Crippen LogP contribution >= 0.6 is 11.6 Å². The molecule has 1 nitrogen and oxygen atoms in total. The first-order valence-corrected chi connectivity index (χ1v) is 4.67. The third-order valence-electron chi connectivity index (χ3n) is 1.98. The molecule has 1 rings (SSSR count). The van der Waals surface area contributed by atoms with Gasteiger partial charge in [0.1, 0.15) is 5.82 Å². The van der Waals surface area contributed by atoms with Crippen molar-refractivity contribution in [2.24, 2.45) is 5.73 Å². The minimum absolute atomic E-state index is 0.0945. The van der Waals surface area contributed by atoms with E-state index in [0.29, 0.717) is 18.4 Å². The lowest BCUT2D eigenvalue weighted by Crippen LogP contribution is -2.10. The van der Waals surface area contributed by atoms with E-state index in [2.05, 4.69) is 5.92 Å². The van der Waals surface area contributed by atoms with Crippen LogP contribution in [0.2, 0.25) is 5.02 Å². The van der Waals surface area contributed by atoms with Crippen LogP contribution in [0.1, 0.15) is 24.4 Å². The van der Waals surface area contributed by atoms with Crippen LogP contribution in [-0.4, -0.2) is 0 Å².